The maximum absolute atomic E-state index is 5.69. The lowest BCUT2D eigenvalue weighted by Gasteiger charge is -2.12. The van der Waals surface area contributed by atoms with Crippen molar-refractivity contribution in [2.75, 3.05) is 0 Å². The average Bonchev–Trinajstić information content (AvgIpc) is 2.88. The molecule has 2 aromatic rings. The molecule has 0 aliphatic carbocycles. The second-order valence-electron chi connectivity index (χ2n) is 4.28. The predicted octanol–water partition coefficient (Wildman–Crippen LogP) is 2.15. The van der Waals surface area contributed by atoms with Crippen LogP contribution in [0.1, 0.15) is 25.2 Å². The monoisotopic (exact) mass is 247 g/mol. The number of para-hydroxylation sites is 1. The molecular formula is C13H17N3O2. The molecule has 0 fully saturated rings. The Morgan fingerprint density at radius 1 is 1.33 bits per heavy atom. The zero-order valence-corrected chi connectivity index (χ0v) is 10.6. The normalized spacial score (nSPS) is 10.8. The van der Waals surface area contributed by atoms with E-state index < -0.39 is 0 Å². The summed E-state index contributed by atoms with van der Waals surface area (Å²) >= 11 is 0. The third-order valence-corrected chi connectivity index (χ3v) is 2.44. The molecule has 0 aliphatic heterocycles. The minimum absolute atomic E-state index is 0.315. The third kappa shape index (κ3) is 3.56. The van der Waals surface area contributed by atoms with E-state index in [1.165, 1.54) is 6.39 Å². The maximum Gasteiger partial charge on any atom is 0.213 e. The van der Waals surface area contributed by atoms with E-state index in [4.69, 9.17) is 4.74 Å². The van der Waals surface area contributed by atoms with Crippen LogP contribution in [0.2, 0.25) is 0 Å². The molecule has 0 spiro atoms. The molecule has 2 rings (SSSR count). The van der Waals surface area contributed by atoms with Crippen molar-refractivity contribution in [2.24, 2.45) is 0 Å². The number of benzene rings is 1. The lowest BCUT2D eigenvalue weighted by Crippen LogP contribution is -2.22. The van der Waals surface area contributed by atoms with Gasteiger partial charge in [0.05, 0.1) is 0 Å². The highest BCUT2D eigenvalue weighted by Crippen LogP contribution is 2.18. The minimum Gasteiger partial charge on any atom is -0.485 e. The van der Waals surface area contributed by atoms with Crippen molar-refractivity contribution in [3.63, 3.8) is 0 Å². The van der Waals surface area contributed by atoms with Crippen molar-refractivity contribution < 1.29 is 9.26 Å². The van der Waals surface area contributed by atoms with Crippen LogP contribution in [0.3, 0.4) is 0 Å². The van der Waals surface area contributed by atoms with Gasteiger partial charge in [0.15, 0.2) is 6.61 Å². The number of hydrogen-bond donors (Lipinski definition) is 1. The summed E-state index contributed by atoms with van der Waals surface area (Å²) in [5.74, 6) is 1.39. The van der Waals surface area contributed by atoms with Crippen LogP contribution in [0.4, 0.5) is 0 Å². The SMILES string of the molecule is CC(C)NCc1ccccc1OCc1ncon1. The fourth-order valence-electron chi connectivity index (χ4n) is 1.50. The van der Waals surface area contributed by atoms with E-state index in [-0.39, 0.29) is 0 Å². The van der Waals surface area contributed by atoms with Gasteiger partial charge in [-0.3, -0.25) is 0 Å². The van der Waals surface area contributed by atoms with Crippen LogP contribution in [0.15, 0.2) is 35.2 Å². The smallest absolute Gasteiger partial charge is 0.213 e. The molecule has 0 atom stereocenters. The average molecular weight is 247 g/mol. The van der Waals surface area contributed by atoms with Crippen molar-refractivity contribution in [2.45, 2.75) is 33.0 Å². The summed E-state index contributed by atoms with van der Waals surface area (Å²) in [7, 11) is 0. The minimum atomic E-state index is 0.315. The predicted molar refractivity (Wildman–Crippen MR) is 67.0 cm³/mol. The topological polar surface area (TPSA) is 60.2 Å². The van der Waals surface area contributed by atoms with Gasteiger partial charge in [-0.2, -0.15) is 4.98 Å². The zero-order chi connectivity index (χ0) is 12.8. The highest BCUT2D eigenvalue weighted by molar-refractivity contribution is 5.33. The Kier molecular flexibility index (Phi) is 4.30. The molecule has 5 nitrogen and oxygen atoms in total. The Balaban J connectivity index is 1.98. The van der Waals surface area contributed by atoms with E-state index in [1.54, 1.807) is 0 Å². The van der Waals surface area contributed by atoms with Gasteiger partial charge in [-0.05, 0) is 6.07 Å². The lowest BCUT2D eigenvalue weighted by molar-refractivity contribution is 0.283. The van der Waals surface area contributed by atoms with E-state index in [9.17, 15) is 0 Å². The van der Waals surface area contributed by atoms with Crippen LogP contribution in [-0.2, 0) is 13.2 Å². The van der Waals surface area contributed by atoms with Gasteiger partial charge in [-0.15, -0.1) is 0 Å². The van der Waals surface area contributed by atoms with Crippen molar-refractivity contribution in [1.29, 1.82) is 0 Å². The summed E-state index contributed by atoms with van der Waals surface area (Å²) in [6, 6.07) is 8.37. The van der Waals surface area contributed by atoms with E-state index in [0.717, 1.165) is 17.9 Å². The molecule has 0 saturated carbocycles. The maximum atomic E-state index is 5.69. The quantitative estimate of drug-likeness (QED) is 0.847. The van der Waals surface area contributed by atoms with Crippen LogP contribution < -0.4 is 10.1 Å². The fourth-order valence-corrected chi connectivity index (χ4v) is 1.50. The number of nitrogens with zero attached hydrogens (tertiary/aromatic N) is 2. The first-order valence-corrected chi connectivity index (χ1v) is 5.95. The zero-order valence-electron chi connectivity index (χ0n) is 10.6. The molecule has 96 valence electrons. The van der Waals surface area contributed by atoms with Gasteiger partial charge in [0.1, 0.15) is 5.75 Å². The van der Waals surface area contributed by atoms with Gasteiger partial charge in [-0.1, -0.05) is 37.2 Å². The second-order valence-corrected chi connectivity index (χ2v) is 4.28. The molecule has 0 saturated heterocycles. The Labute approximate surface area is 106 Å². The first-order valence-electron chi connectivity index (χ1n) is 5.95. The Bertz CT molecular complexity index is 469. The molecule has 0 bridgehead atoms. The van der Waals surface area contributed by atoms with Crippen molar-refractivity contribution in [3.05, 3.63) is 42.0 Å². The summed E-state index contributed by atoms with van der Waals surface area (Å²) in [6.45, 7) is 5.32. The van der Waals surface area contributed by atoms with Gasteiger partial charge < -0.3 is 14.6 Å². The van der Waals surface area contributed by atoms with Crippen LogP contribution in [0.25, 0.3) is 0 Å². The molecule has 18 heavy (non-hydrogen) atoms. The van der Waals surface area contributed by atoms with Crippen LogP contribution in [0.5, 0.6) is 5.75 Å². The van der Waals surface area contributed by atoms with E-state index >= 15 is 0 Å². The Morgan fingerprint density at radius 3 is 2.89 bits per heavy atom. The molecule has 1 aromatic heterocycles. The summed E-state index contributed by atoms with van der Waals surface area (Å²) in [5.41, 5.74) is 1.12. The second kappa shape index (κ2) is 6.16. The van der Waals surface area contributed by atoms with Crippen LogP contribution in [0, 0.1) is 0 Å². The van der Waals surface area contributed by atoms with Crippen molar-refractivity contribution >= 4 is 0 Å². The fraction of sp³-hybridized carbons (Fsp3) is 0.385. The number of nitrogens with one attached hydrogen (secondary N) is 1. The molecule has 0 amide bonds. The summed E-state index contributed by atoms with van der Waals surface area (Å²) in [4.78, 5) is 3.92. The molecule has 1 N–H and O–H groups in total. The standard InChI is InChI=1S/C13H17N3O2/c1-10(2)14-7-11-5-3-4-6-12(11)17-8-13-15-9-18-16-13/h3-6,9-10,14H,7-8H2,1-2H3. The van der Waals surface area contributed by atoms with Gasteiger partial charge in [0, 0.05) is 18.2 Å². The van der Waals surface area contributed by atoms with Gasteiger partial charge in [0.2, 0.25) is 12.2 Å². The molecular weight excluding hydrogens is 230 g/mol. The largest absolute Gasteiger partial charge is 0.485 e. The van der Waals surface area contributed by atoms with E-state index in [1.807, 2.05) is 24.3 Å². The molecule has 0 radical (unpaired) electrons. The molecule has 0 unspecified atom stereocenters. The first kappa shape index (κ1) is 12.6. The number of ether oxygens (including phenoxy) is 1. The highest BCUT2D eigenvalue weighted by atomic mass is 16.5. The van der Waals surface area contributed by atoms with E-state index in [0.29, 0.717) is 18.5 Å². The van der Waals surface area contributed by atoms with Gasteiger partial charge in [0.25, 0.3) is 0 Å². The van der Waals surface area contributed by atoms with Crippen molar-refractivity contribution in [1.82, 2.24) is 15.5 Å². The van der Waals surface area contributed by atoms with Crippen LogP contribution in [-0.4, -0.2) is 16.2 Å². The molecule has 0 aliphatic rings. The van der Waals surface area contributed by atoms with Crippen LogP contribution >= 0.6 is 0 Å². The highest BCUT2D eigenvalue weighted by Gasteiger charge is 2.05. The molecule has 1 aromatic carbocycles. The number of rotatable bonds is 6. The summed E-state index contributed by atoms with van der Waals surface area (Å²) in [5, 5.41) is 7.07. The van der Waals surface area contributed by atoms with Gasteiger partial charge in [-0.25, -0.2) is 0 Å². The third-order valence-electron chi connectivity index (χ3n) is 2.44. The Hall–Kier alpha value is -1.88. The molecule has 1 heterocycles. The van der Waals surface area contributed by atoms with E-state index in [2.05, 4.69) is 33.8 Å². The first-order chi connectivity index (χ1) is 8.75. The summed E-state index contributed by atoms with van der Waals surface area (Å²) in [6.07, 6.45) is 1.30. The molecule has 5 heteroatoms. The number of hydrogen-bond acceptors (Lipinski definition) is 5. The summed E-state index contributed by atoms with van der Waals surface area (Å²) < 4.78 is 10.3. The number of aromatic nitrogens is 2. The van der Waals surface area contributed by atoms with Crippen molar-refractivity contribution in [3.8, 4) is 5.75 Å². The van der Waals surface area contributed by atoms with Gasteiger partial charge >= 0.3 is 0 Å². The Morgan fingerprint density at radius 2 is 2.17 bits per heavy atom. The lowest BCUT2D eigenvalue weighted by atomic mass is 10.2.